The minimum absolute atomic E-state index is 0.105. The van der Waals surface area contributed by atoms with Crippen LogP contribution in [-0.2, 0) is 29.9 Å². The molecule has 0 amide bonds. The standard InChI is InChI=1S/C10H15N5O9P2S/c11-8-5-9(13-2-12-8)15(3-14-5)10-7(17)6(16)4(23-10)1-22-25(18,19)24-26(20,21)27/h2-4,6-7,10,16-17H,1H2,(H,18,19)(H2,11,12,13)(H2,20,21,27)/t4-,6-,7+,10+/m1/s1. The molecule has 1 saturated heterocycles. The molecule has 1 aliphatic rings. The molecule has 14 nitrogen and oxygen atoms in total. The summed E-state index contributed by atoms with van der Waals surface area (Å²) >= 11 is 4.09. The third-order valence-electron chi connectivity index (χ3n) is 3.61. The van der Waals surface area contributed by atoms with Gasteiger partial charge in [-0.25, -0.2) is 23.8 Å². The highest BCUT2D eigenvalue weighted by Gasteiger charge is 2.45. The summed E-state index contributed by atoms with van der Waals surface area (Å²) in [6, 6.07) is 0. The Kier molecular flexibility index (Phi) is 5.65. The normalized spacial score (nSPS) is 28.5. The lowest BCUT2D eigenvalue weighted by atomic mass is 10.1. The van der Waals surface area contributed by atoms with Crippen molar-refractivity contribution in [1.82, 2.24) is 19.5 Å². The third kappa shape index (κ3) is 4.50. The highest BCUT2D eigenvalue weighted by molar-refractivity contribution is 8.08. The average molecular weight is 443 g/mol. The molecule has 0 aromatic carbocycles. The number of hydrogen-bond donors (Lipinski definition) is 6. The van der Waals surface area contributed by atoms with Crippen LogP contribution in [0.15, 0.2) is 12.7 Å². The molecule has 150 valence electrons. The monoisotopic (exact) mass is 443 g/mol. The van der Waals surface area contributed by atoms with Crippen molar-refractivity contribution < 1.29 is 43.0 Å². The van der Waals surface area contributed by atoms with E-state index in [1.165, 1.54) is 17.2 Å². The first kappa shape index (κ1) is 20.6. The maximum absolute atomic E-state index is 11.6. The number of aromatic nitrogens is 4. The molecule has 3 rings (SSSR count). The van der Waals surface area contributed by atoms with Gasteiger partial charge in [-0.15, -0.1) is 0 Å². The van der Waals surface area contributed by atoms with Gasteiger partial charge in [0.1, 0.15) is 30.2 Å². The summed E-state index contributed by atoms with van der Waals surface area (Å²) < 4.78 is 26.9. The van der Waals surface area contributed by atoms with E-state index in [1.54, 1.807) is 0 Å². The molecule has 0 spiro atoms. The summed E-state index contributed by atoms with van der Waals surface area (Å²) in [5, 5.41) is 20.3. The summed E-state index contributed by atoms with van der Waals surface area (Å²) in [5.74, 6) is 0.105. The molecule has 2 aromatic heterocycles. The fraction of sp³-hybridized carbons (Fsp3) is 0.500. The van der Waals surface area contributed by atoms with Crippen molar-refractivity contribution in [2.45, 2.75) is 24.5 Å². The molecular weight excluding hydrogens is 428 g/mol. The van der Waals surface area contributed by atoms with Gasteiger partial charge in [0.05, 0.1) is 12.9 Å². The van der Waals surface area contributed by atoms with Crippen LogP contribution in [0.4, 0.5) is 5.82 Å². The first-order valence-corrected chi connectivity index (χ1v) is 11.3. The lowest BCUT2D eigenvalue weighted by Crippen LogP contribution is -2.33. The summed E-state index contributed by atoms with van der Waals surface area (Å²) in [5.41, 5.74) is 6.18. The number of imidazole rings is 1. The van der Waals surface area contributed by atoms with Crippen LogP contribution in [0.5, 0.6) is 0 Å². The van der Waals surface area contributed by atoms with Gasteiger partial charge in [-0.3, -0.25) is 9.09 Å². The van der Waals surface area contributed by atoms with Gasteiger partial charge < -0.3 is 35.4 Å². The minimum atomic E-state index is -4.92. The van der Waals surface area contributed by atoms with Gasteiger partial charge in [0.2, 0.25) is 0 Å². The van der Waals surface area contributed by atoms with Gasteiger partial charge in [0.25, 0.3) is 0 Å². The second kappa shape index (κ2) is 7.39. The number of ether oxygens (including phenoxy) is 1. The summed E-state index contributed by atoms with van der Waals surface area (Å²) in [7, 11) is -4.92. The molecule has 27 heavy (non-hydrogen) atoms. The first-order chi connectivity index (χ1) is 12.5. The van der Waals surface area contributed by atoms with Crippen LogP contribution in [0.1, 0.15) is 6.23 Å². The van der Waals surface area contributed by atoms with Gasteiger partial charge >= 0.3 is 14.5 Å². The van der Waals surface area contributed by atoms with E-state index in [1.807, 2.05) is 0 Å². The molecule has 0 radical (unpaired) electrons. The summed E-state index contributed by atoms with van der Waals surface area (Å²) in [6.45, 7) is -5.18. The van der Waals surface area contributed by atoms with E-state index < -0.39 is 45.7 Å². The largest absolute Gasteiger partial charge is 0.479 e. The molecule has 2 aromatic rings. The topological polar surface area (TPSA) is 216 Å². The lowest BCUT2D eigenvalue weighted by Gasteiger charge is -2.18. The van der Waals surface area contributed by atoms with Crippen molar-refractivity contribution in [2.75, 3.05) is 12.3 Å². The van der Waals surface area contributed by atoms with E-state index in [2.05, 4.69) is 35.6 Å². The average Bonchev–Trinajstić information content (AvgIpc) is 3.07. The van der Waals surface area contributed by atoms with Crippen LogP contribution in [0, 0.1) is 0 Å². The van der Waals surface area contributed by atoms with Crippen molar-refractivity contribution in [3.8, 4) is 0 Å². The molecule has 0 saturated carbocycles. The molecule has 7 N–H and O–H groups in total. The Morgan fingerprint density at radius 3 is 2.63 bits per heavy atom. The Hall–Kier alpha value is -1.09. The molecule has 1 unspecified atom stereocenters. The van der Waals surface area contributed by atoms with Crippen LogP contribution in [0.25, 0.3) is 11.2 Å². The van der Waals surface area contributed by atoms with Crippen molar-refractivity contribution in [1.29, 1.82) is 0 Å². The molecule has 3 heterocycles. The quantitative estimate of drug-likeness (QED) is 0.276. The van der Waals surface area contributed by atoms with Crippen molar-refractivity contribution in [3.05, 3.63) is 12.7 Å². The van der Waals surface area contributed by atoms with Gasteiger partial charge in [0, 0.05) is 0 Å². The highest BCUT2D eigenvalue weighted by Crippen LogP contribution is 2.58. The predicted octanol–water partition coefficient (Wildman–Crippen LogP) is -1.63. The second-order valence-corrected chi connectivity index (χ2v) is 9.72. The van der Waals surface area contributed by atoms with E-state index in [9.17, 15) is 19.7 Å². The summed E-state index contributed by atoms with van der Waals surface area (Å²) in [6.07, 6.45) is -2.95. The zero-order valence-corrected chi connectivity index (χ0v) is 15.8. The number of nitrogen functional groups attached to an aromatic ring is 1. The number of fused-ring (bicyclic) bond motifs is 1. The maximum atomic E-state index is 11.6. The van der Waals surface area contributed by atoms with Gasteiger partial charge in [0.15, 0.2) is 17.7 Å². The van der Waals surface area contributed by atoms with E-state index >= 15 is 0 Å². The Morgan fingerprint density at radius 1 is 1.26 bits per heavy atom. The lowest BCUT2D eigenvalue weighted by molar-refractivity contribution is -0.0502. The zero-order chi connectivity index (χ0) is 20.0. The minimum Gasteiger partial charge on any atom is -0.387 e. The number of phosphoric ester groups is 1. The molecule has 0 aliphatic carbocycles. The van der Waals surface area contributed by atoms with E-state index in [-0.39, 0.29) is 17.0 Å². The molecule has 1 fully saturated rings. The number of hydrogen-bond acceptors (Lipinski definition) is 11. The first-order valence-electron chi connectivity index (χ1n) is 7.17. The van der Waals surface area contributed by atoms with Gasteiger partial charge in [-0.2, -0.15) is 0 Å². The van der Waals surface area contributed by atoms with Crippen LogP contribution in [-0.4, -0.2) is 69.3 Å². The number of nitrogens with zero attached hydrogens (tertiary/aromatic N) is 4. The fourth-order valence-electron chi connectivity index (χ4n) is 2.48. The van der Waals surface area contributed by atoms with Gasteiger partial charge in [-0.05, 0) is 11.8 Å². The zero-order valence-electron chi connectivity index (χ0n) is 13.2. The van der Waals surface area contributed by atoms with Crippen LogP contribution in [0.2, 0.25) is 0 Å². The molecular formula is C10H15N5O9P2S. The SMILES string of the molecule is Nc1ncnc2c1ncn2[C@H]1O[C@H](COP(=O)(O)OP(O)(O)=S)[C@@H](O)[C@@H]1O. The van der Waals surface area contributed by atoms with Crippen LogP contribution >= 0.6 is 14.5 Å². The van der Waals surface area contributed by atoms with Crippen molar-refractivity contribution in [2.24, 2.45) is 0 Å². The highest BCUT2D eigenvalue weighted by atomic mass is 32.5. The molecule has 5 atom stereocenters. The third-order valence-corrected chi connectivity index (χ3v) is 6.36. The van der Waals surface area contributed by atoms with E-state index in [0.717, 1.165) is 0 Å². The number of phosphoric acid groups is 1. The number of nitrogens with two attached hydrogens (primary N) is 1. The smallest absolute Gasteiger partial charge is 0.387 e. The van der Waals surface area contributed by atoms with E-state index in [4.69, 9.17) is 20.3 Å². The Bertz CT molecular complexity index is 937. The second-order valence-electron chi connectivity index (χ2n) is 5.47. The molecule has 17 heteroatoms. The predicted molar refractivity (Wildman–Crippen MR) is 91.2 cm³/mol. The summed E-state index contributed by atoms with van der Waals surface area (Å²) in [4.78, 5) is 39.0. The van der Waals surface area contributed by atoms with E-state index in [0.29, 0.717) is 0 Å². The Labute approximate surface area is 156 Å². The Balaban J connectivity index is 1.75. The van der Waals surface area contributed by atoms with Crippen molar-refractivity contribution in [3.63, 3.8) is 0 Å². The number of rotatable bonds is 6. The fourth-order valence-corrected chi connectivity index (χ4v) is 4.84. The number of aliphatic hydroxyl groups excluding tert-OH is 2. The van der Waals surface area contributed by atoms with Crippen molar-refractivity contribution >= 4 is 43.3 Å². The Morgan fingerprint density at radius 2 is 1.96 bits per heavy atom. The van der Waals surface area contributed by atoms with Crippen LogP contribution in [0.3, 0.4) is 0 Å². The van der Waals surface area contributed by atoms with Gasteiger partial charge in [-0.1, -0.05) is 0 Å². The molecule has 1 aliphatic heterocycles. The molecule has 0 bridgehead atoms. The maximum Gasteiger partial charge on any atom is 0.479 e. The number of aliphatic hydroxyl groups is 2. The van der Waals surface area contributed by atoms with Crippen LogP contribution < -0.4 is 5.73 Å². The number of anilines is 1.